The average Bonchev–Trinajstić information content (AvgIpc) is 2.65. The molecule has 0 aliphatic carbocycles. The summed E-state index contributed by atoms with van der Waals surface area (Å²) in [6, 6.07) is -0.904. The lowest BCUT2D eigenvalue weighted by Crippen LogP contribution is -2.30. The van der Waals surface area contributed by atoms with E-state index >= 15 is 0 Å². The Balaban J connectivity index is 3.05. The molecular weight excluding hydrogens is 279 g/mol. The molecule has 1 rings (SSSR count). The smallest absolute Gasteiger partial charge is 0.308 e. The topological polar surface area (TPSA) is 29.9 Å². The molecule has 19 heavy (non-hydrogen) atoms. The molecule has 7 heteroatoms. The number of aromatic nitrogens is 2. The Morgan fingerprint density at radius 2 is 2.05 bits per heavy atom. The molecule has 0 saturated carbocycles. The normalized spacial score (nSPS) is 14.1. The van der Waals surface area contributed by atoms with Crippen LogP contribution in [0.3, 0.4) is 0 Å². The van der Waals surface area contributed by atoms with Gasteiger partial charge in [-0.05, 0) is 26.8 Å². The molecule has 0 spiro atoms. The lowest BCUT2D eigenvalue weighted by Gasteiger charge is -2.23. The van der Waals surface area contributed by atoms with Crippen molar-refractivity contribution in [3.63, 3.8) is 0 Å². The predicted octanol–water partition coefficient (Wildman–Crippen LogP) is 4.11. The van der Waals surface area contributed by atoms with Crippen molar-refractivity contribution in [1.82, 2.24) is 15.1 Å². The van der Waals surface area contributed by atoms with Crippen LogP contribution < -0.4 is 5.32 Å². The molecule has 0 fully saturated rings. The first-order chi connectivity index (χ1) is 8.76. The standard InChI is InChI=1S/C12H19ClF3N3/c1-4-5-17-10(6-12(14,15)16)11-9(13)7-18-19(11)8(2)3/h7-8,10,17H,4-6H2,1-3H3. The Morgan fingerprint density at radius 3 is 2.53 bits per heavy atom. The van der Waals surface area contributed by atoms with Crippen molar-refractivity contribution in [2.75, 3.05) is 6.54 Å². The summed E-state index contributed by atoms with van der Waals surface area (Å²) in [5, 5.41) is 7.22. The Bertz CT molecular complexity index is 401. The fourth-order valence-corrected chi connectivity index (χ4v) is 2.17. The van der Waals surface area contributed by atoms with Gasteiger partial charge in [-0.15, -0.1) is 0 Å². The lowest BCUT2D eigenvalue weighted by molar-refractivity contribution is -0.140. The lowest BCUT2D eigenvalue weighted by atomic mass is 10.1. The number of hydrogen-bond acceptors (Lipinski definition) is 2. The minimum absolute atomic E-state index is 0.0401. The Morgan fingerprint density at radius 1 is 1.42 bits per heavy atom. The minimum Gasteiger partial charge on any atom is -0.308 e. The van der Waals surface area contributed by atoms with Crippen LogP contribution in [0.15, 0.2) is 6.20 Å². The van der Waals surface area contributed by atoms with Gasteiger partial charge in [0.25, 0.3) is 0 Å². The summed E-state index contributed by atoms with van der Waals surface area (Å²) >= 11 is 6.00. The monoisotopic (exact) mass is 297 g/mol. The van der Waals surface area contributed by atoms with Crippen molar-refractivity contribution in [2.45, 2.75) is 51.9 Å². The SMILES string of the molecule is CCCNC(CC(F)(F)F)c1c(Cl)cnn1C(C)C. The molecule has 0 saturated heterocycles. The van der Waals surface area contributed by atoms with Crippen molar-refractivity contribution in [3.05, 3.63) is 16.9 Å². The van der Waals surface area contributed by atoms with Gasteiger partial charge in [-0.1, -0.05) is 18.5 Å². The van der Waals surface area contributed by atoms with Gasteiger partial charge in [0.05, 0.1) is 29.4 Å². The van der Waals surface area contributed by atoms with Gasteiger partial charge in [-0.3, -0.25) is 4.68 Å². The van der Waals surface area contributed by atoms with Crippen molar-refractivity contribution >= 4 is 11.6 Å². The third kappa shape index (κ3) is 4.69. The zero-order valence-corrected chi connectivity index (χ0v) is 12.0. The van der Waals surface area contributed by atoms with Crippen molar-refractivity contribution < 1.29 is 13.2 Å². The number of nitrogens with one attached hydrogen (secondary N) is 1. The Kier molecular flexibility index (Phi) is 5.67. The van der Waals surface area contributed by atoms with Crippen LogP contribution in [-0.4, -0.2) is 22.5 Å². The summed E-state index contributed by atoms with van der Waals surface area (Å²) in [6.45, 7) is 6.12. The van der Waals surface area contributed by atoms with E-state index in [4.69, 9.17) is 11.6 Å². The van der Waals surface area contributed by atoms with E-state index in [2.05, 4.69) is 10.4 Å². The summed E-state index contributed by atoms with van der Waals surface area (Å²) < 4.78 is 39.6. The van der Waals surface area contributed by atoms with Gasteiger partial charge < -0.3 is 5.32 Å². The second-order valence-corrected chi connectivity index (χ2v) is 5.15. The maximum Gasteiger partial charge on any atom is 0.390 e. The molecule has 3 nitrogen and oxygen atoms in total. The molecule has 1 aromatic rings. The molecule has 1 heterocycles. The molecule has 0 radical (unpaired) electrons. The van der Waals surface area contributed by atoms with E-state index in [1.165, 1.54) is 6.20 Å². The van der Waals surface area contributed by atoms with Crippen LogP contribution >= 0.6 is 11.6 Å². The summed E-state index contributed by atoms with van der Waals surface area (Å²) in [7, 11) is 0. The molecule has 1 N–H and O–H groups in total. The van der Waals surface area contributed by atoms with Gasteiger partial charge in [0.15, 0.2) is 0 Å². The van der Waals surface area contributed by atoms with E-state index in [1.54, 1.807) is 4.68 Å². The van der Waals surface area contributed by atoms with E-state index in [9.17, 15) is 13.2 Å². The van der Waals surface area contributed by atoms with Crippen LogP contribution in [0.1, 0.15) is 51.4 Å². The van der Waals surface area contributed by atoms with E-state index < -0.39 is 18.6 Å². The molecule has 1 aromatic heterocycles. The minimum atomic E-state index is -4.25. The fourth-order valence-electron chi connectivity index (χ4n) is 1.90. The van der Waals surface area contributed by atoms with E-state index in [-0.39, 0.29) is 11.1 Å². The molecule has 0 bridgehead atoms. The second-order valence-electron chi connectivity index (χ2n) is 4.74. The van der Waals surface area contributed by atoms with Crippen molar-refractivity contribution in [2.24, 2.45) is 0 Å². The van der Waals surface area contributed by atoms with Gasteiger partial charge in [0, 0.05) is 6.04 Å². The van der Waals surface area contributed by atoms with Gasteiger partial charge in [0.2, 0.25) is 0 Å². The zero-order chi connectivity index (χ0) is 14.6. The van der Waals surface area contributed by atoms with Crippen LogP contribution in [0.4, 0.5) is 13.2 Å². The highest BCUT2D eigenvalue weighted by Crippen LogP contribution is 2.33. The summed E-state index contributed by atoms with van der Waals surface area (Å²) in [5.41, 5.74) is 0.405. The maximum absolute atomic E-state index is 12.7. The van der Waals surface area contributed by atoms with Crippen LogP contribution in [-0.2, 0) is 0 Å². The van der Waals surface area contributed by atoms with E-state index in [1.807, 2.05) is 20.8 Å². The highest BCUT2D eigenvalue weighted by molar-refractivity contribution is 6.31. The van der Waals surface area contributed by atoms with Crippen LogP contribution in [0.5, 0.6) is 0 Å². The van der Waals surface area contributed by atoms with Crippen LogP contribution in [0.25, 0.3) is 0 Å². The third-order valence-corrected chi connectivity index (χ3v) is 2.97. The largest absolute Gasteiger partial charge is 0.390 e. The second kappa shape index (κ2) is 6.61. The molecule has 1 atom stereocenters. The van der Waals surface area contributed by atoms with Crippen molar-refractivity contribution in [1.29, 1.82) is 0 Å². The third-order valence-electron chi connectivity index (χ3n) is 2.68. The number of alkyl halides is 3. The van der Waals surface area contributed by atoms with Gasteiger partial charge in [-0.2, -0.15) is 18.3 Å². The van der Waals surface area contributed by atoms with E-state index in [0.717, 1.165) is 6.42 Å². The van der Waals surface area contributed by atoms with Gasteiger partial charge >= 0.3 is 6.18 Å². The van der Waals surface area contributed by atoms with Gasteiger partial charge in [0.1, 0.15) is 0 Å². The fraction of sp³-hybridized carbons (Fsp3) is 0.750. The van der Waals surface area contributed by atoms with Crippen LogP contribution in [0.2, 0.25) is 5.02 Å². The van der Waals surface area contributed by atoms with Gasteiger partial charge in [-0.25, -0.2) is 0 Å². The first-order valence-electron chi connectivity index (χ1n) is 6.29. The number of rotatable bonds is 6. The molecule has 0 aliphatic rings. The molecule has 0 amide bonds. The maximum atomic E-state index is 12.7. The number of hydrogen-bond donors (Lipinski definition) is 1. The molecular formula is C12H19ClF3N3. The highest BCUT2D eigenvalue weighted by Gasteiger charge is 2.35. The number of halogens is 4. The summed E-state index contributed by atoms with van der Waals surface area (Å²) in [5.74, 6) is 0. The Labute approximate surface area is 116 Å². The molecule has 110 valence electrons. The first kappa shape index (κ1) is 16.3. The van der Waals surface area contributed by atoms with Crippen molar-refractivity contribution in [3.8, 4) is 0 Å². The Hall–Kier alpha value is -0.750. The molecule has 1 unspecified atom stereocenters. The first-order valence-corrected chi connectivity index (χ1v) is 6.67. The summed E-state index contributed by atoms with van der Waals surface area (Å²) in [4.78, 5) is 0. The predicted molar refractivity (Wildman–Crippen MR) is 69.3 cm³/mol. The van der Waals surface area contributed by atoms with Crippen LogP contribution in [0, 0.1) is 0 Å². The summed E-state index contributed by atoms with van der Waals surface area (Å²) in [6.07, 6.45) is -3.05. The quantitative estimate of drug-likeness (QED) is 0.856. The molecule has 0 aromatic carbocycles. The zero-order valence-electron chi connectivity index (χ0n) is 11.3. The van der Waals surface area contributed by atoms with E-state index in [0.29, 0.717) is 12.2 Å². The number of nitrogens with zero attached hydrogens (tertiary/aromatic N) is 2. The average molecular weight is 298 g/mol. The highest BCUT2D eigenvalue weighted by atomic mass is 35.5. The molecule has 0 aliphatic heterocycles.